The van der Waals surface area contributed by atoms with Crippen molar-refractivity contribution in [1.29, 1.82) is 0 Å². The largest absolute Gasteiger partial charge is 0.352 e. The van der Waals surface area contributed by atoms with Gasteiger partial charge in [0.25, 0.3) is 0 Å². The Morgan fingerprint density at radius 1 is 1.11 bits per heavy atom. The maximum Gasteiger partial charge on any atom is 0.234 e. The molecular formula is C15H27N3O. The molecule has 0 radical (unpaired) electrons. The fourth-order valence-electron chi connectivity index (χ4n) is 3.98. The van der Waals surface area contributed by atoms with Crippen molar-refractivity contribution in [2.45, 2.75) is 44.6 Å². The molecule has 2 aliphatic heterocycles. The van der Waals surface area contributed by atoms with Crippen LogP contribution in [0.4, 0.5) is 0 Å². The maximum absolute atomic E-state index is 12.1. The van der Waals surface area contributed by atoms with Crippen LogP contribution in [-0.4, -0.2) is 49.6 Å². The number of rotatable bonds is 3. The van der Waals surface area contributed by atoms with Gasteiger partial charge in [-0.2, -0.15) is 0 Å². The predicted octanol–water partition coefficient (Wildman–Crippen LogP) is 0.977. The highest BCUT2D eigenvalue weighted by molar-refractivity contribution is 5.78. The molecule has 0 bridgehead atoms. The first-order valence-corrected chi connectivity index (χ1v) is 8.03. The Kier molecular flexibility index (Phi) is 4.38. The number of fused-ring (bicyclic) bond motifs is 1. The summed E-state index contributed by atoms with van der Waals surface area (Å²) in [6.45, 7) is 5.15. The second kappa shape index (κ2) is 6.23. The van der Waals surface area contributed by atoms with E-state index in [1.54, 1.807) is 0 Å². The normalized spacial score (nSPS) is 33.1. The van der Waals surface area contributed by atoms with Crippen LogP contribution in [0.2, 0.25) is 0 Å². The summed E-state index contributed by atoms with van der Waals surface area (Å²) in [6, 6.07) is 0.451. The smallest absolute Gasteiger partial charge is 0.234 e. The lowest BCUT2D eigenvalue weighted by Crippen LogP contribution is -2.47. The molecule has 3 aliphatic rings. The van der Waals surface area contributed by atoms with Crippen molar-refractivity contribution < 1.29 is 4.79 Å². The monoisotopic (exact) mass is 265 g/mol. The summed E-state index contributed by atoms with van der Waals surface area (Å²) in [4.78, 5) is 14.5. The summed E-state index contributed by atoms with van der Waals surface area (Å²) in [7, 11) is 0. The molecule has 2 unspecified atom stereocenters. The zero-order valence-corrected chi connectivity index (χ0v) is 11.9. The first-order chi connectivity index (χ1) is 9.31. The first-order valence-electron chi connectivity index (χ1n) is 8.03. The summed E-state index contributed by atoms with van der Waals surface area (Å²) >= 11 is 0. The van der Waals surface area contributed by atoms with Gasteiger partial charge in [0.2, 0.25) is 5.91 Å². The molecule has 0 aromatic rings. The first kappa shape index (κ1) is 13.4. The van der Waals surface area contributed by atoms with Crippen LogP contribution in [0.3, 0.4) is 0 Å². The Bertz CT molecular complexity index is 315. The number of piperidine rings is 1. The molecule has 2 atom stereocenters. The molecule has 0 spiro atoms. The number of hydrogen-bond acceptors (Lipinski definition) is 3. The van der Waals surface area contributed by atoms with Gasteiger partial charge in [-0.15, -0.1) is 0 Å². The molecule has 4 heteroatoms. The van der Waals surface area contributed by atoms with E-state index >= 15 is 0 Å². The van der Waals surface area contributed by atoms with E-state index in [9.17, 15) is 4.79 Å². The fraction of sp³-hybridized carbons (Fsp3) is 0.933. The number of nitrogens with one attached hydrogen (secondary N) is 2. The Morgan fingerprint density at radius 3 is 2.74 bits per heavy atom. The van der Waals surface area contributed by atoms with E-state index in [-0.39, 0.29) is 5.91 Å². The topological polar surface area (TPSA) is 44.4 Å². The molecule has 4 nitrogen and oxygen atoms in total. The quantitative estimate of drug-likeness (QED) is 0.799. The summed E-state index contributed by atoms with van der Waals surface area (Å²) in [5.41, 5.74) is 0. The van der Waals surface area contributed by atoms with Crippen molar-refractivity contribution in [3.63, 3.8) is 0 Å². The zero-order chi connectivity index (χ0) is 13.1. The molecule has 108 valence electrons. The van der Waals surface area contributed by atoms with Crippen LogP contribution >= 0.6 is 0 Å². The molecule has 2 heterocycles. The predicted molar refractivity (Wildman–Crippen MR) is 75.9 cm³/mol. The maximum atomic E-state index is 12.1. The molecule has 0 aromatic carbocycles. The number of carbonyl (C=O) groups excluding carboxylic acids is 1. The van der Waals surface area contributed by atoms with Gasteiger partial charge in [0.1, 0.15) is 0 Å². The molecule has 2 N–H and O–H groups in total. The van der Waals surface area contributed by atoms with E-state index in [1.807, 2.05) is 0 Å². The molecule has 1 amide bonds. The lowest BCUT2D eigenvalue weighted by molar-refractivity contribution is -0.123. The summed E-state index contributed by atoms with van der Waals surface area (Å²) in [5.74, 6) is 1.88. The molecule has 3 fully saturated rings. The van der Waals surface area contributed by atoms with E-state index in [0.29, 0.717) is 12.6 Å². The minimum Gasteiger partial charge on any atom is -0.352 e. The summed E-state index contributed by atoms with van der Waals surface area (Å²) in [5, 5.41) is 6.71. The highest BCUT2D eigenvalue weighted by atomic mass is 16.2. The van der Waals surface area contributed by atoms with Crippen LogP contribution in [-0.2, 0) is 4.79 Å². The molecule has 1 aliphatic carbocycles. The zero-order valence-electron chi connectivity index (χ0n) is 11.9. The molecule has 0 aromatic heterocycles. The van der Waals surface area contributed by atoms with Gasteiger partial charge in [0, 0.05) is 12.6 Å². The average Bonchev–Trinajstić information content (AvgIpc) is 2.87. The van der Waals surface area contributed by atoms with Gasteiger partial charge in [-0.1, -0.05) is 19.3 Å². The second-order valence-electron chi connectivity index (χ2n) is 6.60. The summed E-state index contributed by atoms with van der Waals surface area (Å²) in [6.07, 6.45) is 7.53. The third-order valence-electron chi connectivity index (χ3n) is 5.13. The van der Waals surface area contributed by atoms with Gasteiger partial charge in [-0.3, -0.25) is 9.69 Å². The summed E-state index contributed by atoms with van der Waals surface area (Å²) < 4.78 is 0. The Morgan fingerprint density at radius 2 is 1.89 bits per heavy atom. The fourth-order valence-corrected chi connectivity index (χ4v) is 3.98. The van der Waals surface area contributed by atoms with Gasteiger partial charge >= 0.3 is 0 Å². The van der Waals surface area contributed by atoms with Crippen molar-refractivity contribution in [1.82, 2.24) is 15.5 Å². The van der Waals surface area contributed by atoms with Gasteiger partial charge in [0.15, 0.2) is 0 Å². The Balaban J connectivity index is 1.41. The number of carbonyl (C=O) groups is 1. The van der Waals surface area contributed by atoms with Gasteiger partial charge in [-0.05, 0) is 50.7 Å². The van der Waals surface area contributed by atoms with Crippen LogP contribution in [0.15, 0.2) is 0 Å². The van der Waals surface area contributed by atoms with E-state index in [4.69, 9.17) is 0 Å². The molecule has 2 saturated heterocycles. The number of likely N-dealkylation sites (tertiary alicyclic amines) is 1. The van der Waals surface area contributed by atoms with E-state index in [1.165, 1.54) is 45.1 Å². The highest BCUT2D eigenvalue weighted by Gasteiger charge is 2.33. The highest BCUT2D eigenvalue weighted by Crippen LogP contribution is 2.26. The lowest BCUT2D eigenvalue weighted by Gasteiger charge is -2.34. The van der Waals surface area contributed by atoms with Crippen molar-refractivity contribution in [3.8, 4) is 0 Å². The molecule has 3 rings (SSSR count). The molecule has 19 heavy (non-hydrogen) atoms. The molecular weight excluding hydrogens is 238 g/mol. The minimum absolute atomic E-state index is 0.247. The second-order valence-corrected chi connectivity index (χ2v) is 6.60. The van der Waals surface area contributed by atoms with Crippen molar-refractivity contribution in [2.75, 3.05) is 32.7 Å². The van der Waals surface area contributed by atoms with E-state index < -0.39 is 0 Å². The number of amides is 1. The Hall–Kier alpha value is -0.610. The van der Waals surface area contributed by atoms with E-state index in [2.05, 4.69) is 15.5 Å². The Labute approximate surface area is 116 Å². The standard InChI is InChI=1S/C15H27N3O/c19-15(17-14-4-2-1-3-5-14)11-18-7-6-12-8-16-9-13(12)10-18/h12-14,16H,1-11H2,(H,17,19). The van der Waals surface area contributed by atoms with Crippen LogP contribution in [0.25, 0.3) is 0 Å². The average molecular weight is 265 g/mol. The van der Waals surface area contributed by atoms with Gasteiger partial charge < -0.3 is 10.6 Å². The van der Waals surface area contributed by atoms with Crippen molar-refractivity contribution in [3.05, 3.63) is 0 Å². The molecule has 1 saturated carbocycles. The van der Waals surface area contributed by atoms with Crippen molar-refractivity contribution >= 4 is 5.91 Å². The SMILES string of the molecule is O=C(CN1CCC2CNCC2C1)NC1CCCCC1. The van der Waals surface area contributed by atoms with Crippen LogP contribution < -0.4 is 10.6 Å². The third kappa shape index (κ3) is 3.48. The number of hydrogen-bond donors (Lipinski definition) is 2. The van der Waals surface area contributed by atoms with Crippen LogP contribution in [0.1, 0.15) is 38.5 Å². The van der Waals surface area contributed by atoms with E-state index in [0.717, 1.165) is 31.5 Å². The third-order valence-corrected chi connectivity index (χ3v) is 5.13. The van der Waals surface area contributed by atoms with Crippen LogP contribution in [0.5, 0.6) is 0 Å². The van der Waals surface area contributed by atoms with Crippen LogP contribution in [0, 0.1) is 11.8 Å². The number of nitrogens with zero attached hydrogens (tertiary/aromatic N) is 1. The minimum atomic E-state index is 0.247. The van der Waals surface area contributed by atoms with Crippen molar-refractivity contribution in [2.24, 2.45) is 11.8 Å². The lowest BCUT2D eigenvalue weighted by atomic mass is 9.89. The van der Waals surface area contributed by atoms with Gasteiger partial charge in [-0.25, -0.2) is 0 Å². The van der Waals surface area contributed by atoms with Gasteiger partial charge in [0.05, 0.1) is 6.54 Å².